The zero-order valence-electron chi connectivity index (χ0n) is 17.0. The first kappa shape index (κ1) is 22.4. The lowest BCUT2D eigenvalue weighted by Crippen LogP contribution is -2.35. The Balaban J connectivity index is 1.42. The Morgan fingerprint density at radius 2 is 1.88 bits per heavy atom. The van der Waals surface area contributed by atoms with E-state index < -0.39 is 21.7 Å². The van der Waals surface area contributed by atoms with Gasteiger partial charge in [-0.15, -0.1) is 10.2 Å². The van der Waals surface area contributed by atoms with Crippen molar-refractivity contribution >= 4 is 33.4 Å². The molecule has 1 saturated heterocycles. The normalized spacial score (nSPS) is 14.9. The predicted octanol–water partition coefficient (Wildman–Crippen LogP) is 3.78. The first-order valence-electron chi connectivity index (χ1n) is 10.0. The molecule has 3 aromatic rings. The number of thioether (sulfide) groups is 1. The molecular weight excluding hydrogens is 455 g/mol. The topological polar surface area (TPSA) is 105 Å². The van der Waals surface area contributed by atoms with Gasteiger partial charge in [-0.1, -0.05) is 36.4 Å². The Bertz CT molecular complexity index is 1210. The molecule has 0 spiro atoms. The Morgan fingerprint density at radius 3 is 2.66 bits per heavy atom. The fourth-order valence-corrected chi connectivity index (χ4v) is 5.43. The number of sulfonamides is 1. The Morgan fingerprint density at radius 1 is 1.09 bits per heavy atom. The van der Waals surface area contributed by atoms with E-state index in [1.165, 1.54) is 28.6 Å². The van der Waals surface area contributed by atoms with Gasteiger partial charge in [-0.2, -0.15) is 4.31 Å². The summed E-state index contributed by atoms with van der Waals surface area (Å²) in [6, 6.07) is 12.2. The van der Waals surface area contributed by atoms with Crippen molar-refractivity contribution in [3.05, 3.63) is 54.3 Å². The molecule has 8 nitrogen and oxygen atoms in total. The van der Waals surface area contributed by atoms with Gasteiger partial charge in [-0.25, -0.2) is 12.8 Å². The van der Waals surface area contributed by atoms with Crippen LogP contribution in [0.5, 0.6) is 0 Å². The van der Waals surface area contributed by atoms with Crippen molar-refractivity contribution in [1.29, 1.82) is 0 Å². The highest BCUT2D eigenvalue weighted by Crippen LogP contribution is 2.27. The monoisotopic (exact) mass is 476 g/mol. The van der Waals surface area contributed by atoms with Crippen LogP contribution in [0.25, 0.3) is 11.5 Å². The van der Waals surface area contributed by atoms with Crippen LogP contribution in [0.1, 0.15) is 19.3 Å². The summed E-state index contributed by atoms with van der Waals surface area (Å²) in [7, 11) is -3.59. The molecule has 2 aromatic carbocycles. The molecule has 168 valence electrons. The minimum absolute atomic E-state index is 0.0562. The van der Waals surface area contributed by atoms with Gasteiger partial charge in [0.05, 0.1) is 16.3 Å². The van der Waals surface area contributed by atoms with Crippen LogP contribution < -0.4 is 5.32 Å². The highest BCUT2D eigenvalue weighted by molar-refractivity contribution is 7.99. The second-order valence-corrected chi connectivity index (χ2v) is 10.0. The maximum atomic E-state index is 13.6. The summed E-state index contributed by atoms with van der Waals surface area (Å²) in [6.45, 7) is 1.03. The summed E-state index contributed by atoms with van der Waals surface area (Å²) in [5, 5.41) is 10.5. The number of hydrogen-bond acceptors (Lipinski definition) is 7. The number of aromatic nitrogens is 2. The fraction of sp³-hybridized carbons (Fsp3) is 0.286. The third-order valence-electron chi connectivity index (χ3n) is 4.91. The Hall–Kier alpha value is -2.76. The predicted molar refractivity (Wildman–Crippen MR) is 118 cm³/mol. The molecule has 0 atom stereocenters. The minimum atomic E-state index is -3.59. The Kier molecular flexibility index (Phi) is 6.87. The molecule has 0 bridgehead atoms. The maximum absolute atomic E-state index is 13.6. The number of carbonyl (C=O) groups excluding carboxylic acids is 1. The van der Waals surface area contributed by atoms with Crippen LogP contribution in [0.15, 0.2) is 63.1 Å². The number of carbonyl (C=O) groups is 1. The molecule has 0 aliphatic carbocycles. The summed E-state index contributed by atoms with van der Waals surface area (Å²) < 4.78 is 46.5. The van der Waals surface area contributed by atoms with E-state index in [9.17, 15) is 17.6 Å². The second kappa shape index (κ2) is 9.80. The van der Waals surface area contributed by atoms with E-state index >= 15 is 0 Å². The van der Waals surface area contributed by atoms with E-state index in [4.69, 9.17) is 4.42 Å². The van der Waals surface area contributed by atoms with E-state index in [1.54, 1.807) is 24.3 Å². The van der Waals surface area contributed by atoms with Crippen LogP contribution in [0.2, 0.25) is 0 Å². The van der Waals surface area contributed by atoms with Crippen LogP contribution in [0.4, 0.5) is 10.1 Å². The third kappa shape index (κ3) is 5.17. The molecule has 0 unspecified atom stereocenters. The number of rotatable bonds is 7. The largest absolute Gasteiger partial charge is 0.411 e. The third-order valence-corrected chi connectivity index (χ3v) is 7.63. The van der Waals surface area contributed by atoms with Gasteiger partial charge in [-0.3, -0.25) is 4.79 Å². The van der Waals surface area contributed by atoms with Gasteiger partial charge in [0.1, 0.15) is 5.82 Å². The average Bonchev–Trinajstić information content (AvgIpc) is 3.29. The molecule has 11 heteroatoms. The van der Waals surface area contributed by atoms with Gasteiger partial charge in [0, 0.05) is 18.7 Å². The number of hydrogen-bond donors (Lipinski definition) is 1. The van der Waals surface area contributed by atoms with Crippen molar-refractivity contribution in [1.82, 2.24) is 14.5 Å². The summed E-state index contributed by atoms with van der Waals surface area (Å²) in [5.41, 5.74) is 0.564. The lowest BCUT2D eigenvalue weighted by Gasteiger charge is -2.25. The quantitative estimate of drug-likeness (QED) is 0.517. The number of piperidine rings is 1. The van der Waals surface area contributed by atoms with E-state index in [-0.39, 0.29) is 27.4 Å². The van der Waals surface area contributed by atoms with Crippen LogP contribution in [0.3, 0.4) is 0 Å². The smallest absolute Gasteiger partial charge is 0.277 e. The number of halogens is 1. The van der Waals surface area contributed by atoms with Crippen molar-refractivity contribution in [3.8, 4) is 11.5 Å². The van der Waals surface area contributed by atoms with Gasteiger partial charge in [0.15, 0.2) is 0 Å². The van der Waals surface area contributed by atoms with Crippen LogP contribution >= 0.6 is 11.8 Å². The van der Waals surface area contributed by atoms with E-state index in [0.717, 1.165) is 31.0 Å². The number of para-hydroxylation sites is 1. The van der Waals surface area contributed by atoms with Crippen LogP contribution in [0, 0.1) is 5.82 Å². The lowest BCUT2D eigenvalue weighted by atomic mass is 10.2. The van der Waals surface area contributed by atoms with Gasteiger partial charge in [0.2, 0.25) is 21.8 Å². The Labute approximate surface area is 189 Å². The molecule has 0 radical (unpaired) electrons. The number of amides is 1. The molecule has 32 heavy (non-hydrogen) atoms. The maximum Gasteiger partial charge on any atom is 0.277 e. The first-order valence-corrected chi connectivity index (χ1v) is 12.5. The summed E-state index contributed by atoms with van der Waals surface area (Å²) in [5.74, 6) is -0.850. The summed E-state index contributed by atoms with van der Waals surface area (Å²) in [6.07, 6.45) is 2.74. The number of nitrogens with one attached hydrogen (secondary N) is 1. The summed E-state index contributed by atoms with van der Waals surface area (Å²) >= 11 is 1.00. The number of nitrogens with zero attached hydrogens (tertiary/aromatic N) is 3. The fourth-order valence-electron chi connectivity index (χ4n) is 3.30. The molecule has 1 amide bonds. The van der Waals surface area contributed by atoms with Gasteiger partial charge in [0.25, 0.3) is 5.22 Å². The zero-order chi connectivity index (χ0) is 22.6. The average molecular weight is 477 g/mol. The molecule has 1 fully saturated rings. The van der Waals surface area contributed by atoms with Gasteiger partial charge >= 0.3 is 0 Å². The number of anilines is 1. The summed E-state index contributed by atoms with van der Waals surface area (Å²) in [4.78, 5) is 12.2. The molecule has 1 aromatic heterocycles. The second-order valence-electron chi connectivity index (χ2n) is 7.18. The van der Waals surface area contributed by atoms with Gasteiger partial charge < -0.3 is 9.73 Å². The molecular formula is C21H21FN4O4S2. The zero-order valence-corrected chi connectivity index (χ0v) is 18.7. The highest BCUT2D eigenvalue weighted by atomic mass is 32.2. The van der Waals surface area contributed by atoms with Crippen molar-refractivity contribution in [2.45, 2.75) is 29.4 Å². The van der Waals surface area contributed by atoms with E-state index in [1.807, 2.05) is 0 Å². The van der Waals surface area contributed by atoms with Crippen LogP contribution in [-0.2, 0) is 14.8 Å². The number of benzene rings is 2. The molecule has 1 N–H and O–H groups in total. The van der Waals surface area contributed by atoms with Crippen molar-refractivity contribution in [2.75, 3.05) is 24.2 Å². The standard InChI is InChI=1S/C21H21FN4O4S2/c22-17-9-2-3-10-18(17)23-19(27)14-31-21-25-24-20(30-21)15-7-6-8-16(13-15)32(28,29)26-11-4-1-5-12-26/h2-3,6-10,13H,1,4-5,11-12,14H2,(H,23,27). The minimum Gasteiger partial charge on any atom is -0.411 e. The molecule has 2 heterocycles. The molecule has 0 saturated carbocycles. The van der Waals surface area contributed by atoms with Crippen molar-refractivity contribution < 1.29 is 22.0 Å². The molecule has 1 aliphatic rings. The lowest BCUT2D eigenvalue weighted by molar-refractivity contribution is -0.113. The SMILES string of the molecule is O=C(CSc1nnc(-c2cccc(S(=O)(=O)N3CCCCC3)c2)o1)Nc1ccccc1F. The van der Waals surface area contributed by atoms with Crippen molar-refractivity contribution in [3.63, 3.8) is 0 Å². The molecule has 1 aliphatic heterocycles. The first-order chi connectivity index (χ1) is 15.4. The van der Waals surface area contributed by atoms with Gasteiger partial charge in [-0.05, 0) is 43.2 Å². The van der Waals surface area contributed by atoms with E-state index in [2.05, 4.69) is 15.5 Å². The van der Waals surface area contributed by atoms with Crippen LogP contribution in [-0.4, -0.2) is 47.7 Å². The molecule has 4 rings (SSSR count). The highest BCUT2D eigenvalue weighted by Gasteiger charge is 2.26. The van der Waals surface area contributed by atoms with Crippen molar-refractivity contribution in [2.24, 2.45) is 0 Å². The van der Waals surface area contributed by atoms with E-state index in [0.29, 0.717) is 18.7 Å².